The number of aryl methyl sites for hydroxylation is 1. The fourth-order valence-corrected chi connectivity index (χ4v) is 2.53. The van der Waals surface area contributed by atoms with Gasteiger partial charge in [0.1, 0.15) is 5.82 Å². The van der Waals surface area contributed by atoms with E-state index in [0.717, 1.165) is 8.95 Å². The first-order valence-corrected chi connectivity index (χ1v) is 8.06. The number of hydrogen-bond acceptors (Lipinski definition) is 3. The van der Waals surface area contributed by atoms with Crippen molar-refractivity contribution in [2.24, 2.45) is 0 Å². The molecule has 0 saturated heterocycles. The zero-order valence-corrected chi connectivity index (χ0v) is 15.1. The van der Waals surface area contributed by atoms with Gasteiger partial charge in [-0.05, 0) is 70.8 Å². The van der Waals surface area contributed by atoms with Crippen molar-refractivity contribution in [3.8, 4) is 0 Å². The highest BCUT2D eigenvalue weighted by atomic mass is 79.9. The van der Waals surface area contributed by atoms with Crippen LogP contribution in [0.3, 0.4) is 0 Å². The molecule has 0 unspecified atom stereocenters. The molecule has 0 N–H and O–H groups in total. The van der Waals surface area contributed by atoms with Gasteiger partial charge in [0, 0.05) is 27.4 Å². The summed E-state index contributed by atoms with van der Waals surface area (Å²) in [6.07, 6.45) is 3.37. The van der Waals surface area contributed by atoms with Crippen LogP contribution in [0.15, 0.2) is 39.5 Å². The molecule has 0 radical (unpaired) electrons. The minimum atomic E-state index is -0.105. The number of rotatable bonds is 3. The fraction of sp³-hybridized carbons (Fsp3) is 0.267. The smallest absolute Gasteiger partial charge is 0.261 e. The van der Waals surface area contributed by atoms with Crippen molar-refractivity contribution in [1.29, 1.82) is 0 Å². The largest absolute Gasteiger partial charge is 0.290 e. The van der Waals surface area contributed by atoms with Crippen LogP contribution in [-0.4, -0.2) is 21.9 Å². The number of carbonyl (C=O) groups is 1. The maximum Gasteiger partial charge on any atom is 0.261 e. The Bertz CT molecular complexity index is 656. The summed E-state index contributed by atoms with van der Waals surface area (Å²) in [5, 5.41) is 0. The second kappa shape index (κ2) is 6.66. The van der Waals surface area contributed by atoms with Crippen LogP contribution in [0.25, 0.3) is 0 Å². The van der Waals surface area contributed by atoms with E-state index in [4.69, 9.17) is 0 Å². The number of amides is 1. The molecule has 0 bridgehead atoms. The first-order valence-electron chi connectivity index (χ1n) is 6.47. The molecular formula is C15H15Br2N3O. The average molecular weight is 413 g/mol. The first-order chi connectivity index (χ1) is 9.90. The van der Waals surface area contributed by atoms with E-state index in [1.54, 1.807) is 23.4 Å². The number of halogens is 2. The third-order valence-electron chi connectivity index (χ3n) is 2.98. The Morgan fingerprint density at radius 1 is 1.14 bits per heavy atom. The topological polar surface area (TPSA) is 46.1 Å². The van der Waals surface area contributed by atoms with E-state index in [0.29, 0.717) is 17.1 Å². The van der Waals surface area contributed by atoms with Gasteiger partial charge >= 0.3 is 0 Å². The fourth-order valence-electron chi connectivity index (χ4n) is 1.97. The normalized spacial score (nSPS) is 10.8. The molecule has 1 amide bonds. The van der Waals surface area contributed by atoms with Gasteiger partial charge < -0.3 is 0 Å². The molecule has 4 nitrogen and oxygen atoms in total. The standard InChI is InChI=1S/C15H15Br2N3O/c1-9(2)20(14-5-4-11(16)7-19-14)15(21)13-6-12(17)8-18-10(13)3/h4-9H,1-3H3. The number of aromatic nitrogens is 2. The Morgan fingerprint density at radius 3 is 2.38 bits per heavy atom. The number of pyridine rings is 2. The summed E-state index contributed by atoms with van der Waals surface area (Å²) >= 11 is 6.71. The van der Waals surface area contributed by atoms with Crippen molar-refractivity contribution in [2.45, 2.75) is 26.8 Å². The van der Waals surface area contributed by atoms with Crippen molar-refractivity contribution < 1.29 is 4.79 Å². The lowest BCUT2D eigenvalue weighted by molar-refractivity contribution is 0.0978. The van der Waals surface area contributed by atoms with Gasteiger partial charge in [0.2, 0.25) is 0 Å². The summed E-state index contributed by atoms with van der Waals surface area (Å²) in [6, 6.07) is 5.48. The zero-order valence-electron chi connectivity index (χ0n) is 12.0. The van der Waals surface area contributed by atoms with Crippen molar-refractivity contribution >= 4 is 43.6 Å². The molecule has 0 aliphatic heterocycles. The van der Waals surface area contributed by atoms with Crippen molar-refractivity contribution in [3.63, 3.8) is 0 Å². The van der Waals surface area contributed by atoms with E-state index in [2.05, 4.69) is 41.8 Å². The third-order valence-corrected chi connectivity index (χ3v) is 3.88. The summed E-state index contributed by atoms with van der Waals surface area (Å²) in [6.45, 7) is 5.75. The molecule has 2 heterocycles. The molecule has 0 aliphatic rings. The first kappa shape index (κ1) is 16.1. The van der Waals surface area contributed by atoms with E-state index >= 15 is 0 Å². The van der Waals surface area contributed by atoms with Crippen LogP contribution in [-0.2, 0) is 0 Å². The Morgan fingerprint density at radius 2 is 1.81 bits per heavy atom. The quantitative estimate of drug-likeness (QED) is 0.751. The molecule has 6 heteroatoms. The van der Waals surface area contributed by atoms with Crippen LogP contribution >= 0.6 is 31.9 Å². The maximum absolute atomic E-state index is 12.9. The third kappa shape index (κ3) is 3.68. The van der Waals surface area contributed by atoms with Crippen molar-refractivity contribution in [2.75, 3.05) is 4.90 Å². The molecule has 0 aliphatic carbocycles. The van der Waals surface area contributed by atoms with Crippen LogP contribution in [0.5, 0.6) is 0 Å². The van der Waals surface area contributed by atoms with Gasteiger partial charge in [0.05, 0.1) is 11.3 Å². The predicted molar refractivity (Wildman–Crippen MR) is 90.6 cm³/mol. The zero-order chi connectivity index (χ0) is 15.6. The van der Waals surface area contributed by atoms with Crippen LogP contribution in [0.1, 0.15) is 29.9 Å². The Balaban J connectivity index is 2.45. The second-order valence-corrected chi connectivity index (χ2v) is 6.72. The lowest BCUT2D eigenvalue weighted by Crippen LogP contribution is -2.38. The molecule has 110 valence electrons. The van der Waals surface area contributed by atoms with Crippen molar-refractivity contribution in [3.05, 3.63) is 50.8 Å². The lowest BCUT2D eigenvalue weighted by atomic mass is 10.1. The minimum absolute atomic E-state index is 0.00967. The van der Waals surface area contributed by atoms with Crippen LogP contribution in [0, 0.1) is 6.92 Å². The average Bonchev–Trinajstić information content (AvgIpc) is 2.43. The highest BCUT2D eigenvalue weighted by molar-refractivity contribution is 9.10. The summed E-state index contributed by atoms with van der Waals surface area (Å²) < 4.78 is 1.66. The van der Waals surface area contributed by atoms with E-state index in [9.17, 15) is 4.79 Å². The predicted octanol–water partition coefficient (Wildman–Crippen LogP) is 4.37. The monoisotopic (exact) mass is 411 g/mol. The van der Waals surface area contributed by atoms with Gasteiger partial charge in [0.15, 0.2) is 0 Å². The van der Waals surface area contributed by atoms with Gasteiger partial charge in [0.25, 0.3) is 5.91 Å². The van der Waals surface area contributed by atoms with Crippen LogP contribution < -0.4 is 4.90 Å². The molecule has 0 spiro atoms. The van der Waals surface area contributed by atoms with Gasteiger partial charge in [-0.1, -0.05) is 0 Å². The van der Waals surface area contributed by atoms with E-state index in [-0.39, 0.29) is 11.9 Å². The summed E-state index contributed by atoms with van der Waals surface area (Å²) in [4.78, 5) is 23.1. The lowest BCUT2D eigenvalue weighted by Gasteiger charge is -2.26. The molecule has 21 heavy (non-hydrogen) atoms. The second-order valence-electron chi connectivity index (χ2n) is 4.89. The van der Waals surface area contributed by atoms with Crippen LogP contribution in [0.4, 0.5) is 5.82 Å². The van der Waals surface area contributed by atoms with Gasteiger partial charge in [-0.15, -0.1) is 0 Å². The highest BCUT2D eigenvalue weighted by Crippen LogP contribution is 2.22. The van der Waals surface area contributed by atoms with Gasteiger partial charge in [-0.2, -0.15) is 0 Å². The van der Waals surface area contributed by atoms with E-state index < -0.39 is 0 Å². The summed E-state index contributed by atoms with van der Waals surface area (Å²) in [7, 11) is 0. The number of anilines is 1. The SMILES string of the molecule is Cc1ncc(Br)cc1C(=O)N(c1ccc(Br)cn1)C(C)C. The summed E-state index contributed by atoms with van der Waals surface area (Å²) in [5.74, 6) is 0.517. The molecule has 2 aromatic rings. The molecule has 2 aromatic heterocycles. The molecule has 0 fully saturated rings. The Hall–Kier alpha value is -1.27. The minimum Gasteiger partial charge on any atom is -0.290 e. The van der Waals surface area contributed by atoms with Gasteiger partial charge in [-0.25, -0.2) is 4.98 Å². The number of hydrogen-bond donors (Lipinski definition) is 0. The summed E-state index contributed by atoms with van der Waals surface area (Å²) in [5.41, 5.74) is 1.27. The molecule has 0 atom stereocenters. The van der Waals surface area contributed by atoms with E-state index in [1.165, 1.54) is 0 Å². The molecule has 0 aromatic carbocycles. The van der Waals surface area contributed by atoms with Crippen LogP contribution in [0.2, 0.25) is 0 Å². The Kier molecular flexibility index (Phi) is 5.11. The van der Waals surface area contributed by atoms with Crippen molar-refractivity contribution in [1.82, 2.24) is 9.97 Å². The highest BCUT2D eigenvalue weighted by Gasteiger charge is 2.23. The number of nitrogens with zero attached hydrogens (tertiary/aromatic N) is 3. The molecular weight excluding hydrogens is 398 g/mol. The van der Waals surface area contributed by atoms with Gasteiger partial charge in [-0.3, -0.25) is 14.7 Å². The number of carbonyl (C=O) groups excluding carboxylic acids is 1. The molecule has 0 saturated carbocycles. The molecule has 2 rings (SSSR count). The Labute approximate surface area is 140 Å². The maximum atomic E-state index is 12.9. The van der Waals surface area contributed by atoms with E-state index in [1.807, 2.05) is 32.9 Å².